The van der Waals surface area contributed by atoms with Gasteiger partial charge in [0.25, 0.3) is 0 Å². The van der Waals surface area contributed by atoms with Crippen LogP contribution in [0.4, 0.5) is 5.69 Å². The normalized spacial score (nSPS) is 10.7. The van der Waals surface area contributed by atoms with Crippen LogP contribution < -0.4 is 10.1 Å². The highest BCUT2D eigenvalue weighted by Gasteiger charge is 2.15. The number of anilines is 1. The minimum atomic E-state index is -3.45. The Morgan fingerprint density at radius 1 is 1.47 bits per heavy atom. The van der Waals surface area contributed by atoms with E-state index in [9.17, 15) is 13.2 Å². The standard InChI is InChI=1S/C11H13NO4S/c1-4-11(13)12-9-6-5-8(16-2)7-10(9)17(3,14)15/h4-7H,1H2,2-3H3,(H,12,13). The Balaban J connectivity index is 3.30. The fourth-order valence-corrected chi connectivity index (χ4v) is 2.07. The summed E-state index contributed by atoms with van der Waals surface area (Å²) in [4.78, 5) is 11.2. The lowest BCUT2D eigenvalue weighted by Gasteiger charge is -2.10. The molecule has 0 spiro atoms. The van der Waals surface area contributed by atoms with Crippen molar-refractivity contribution < 1.29 is 17.9 Å². The minimum Gasteiger partial charge on any atom is -0.497 e. The van der Waals surface area contributed by atoms with E-state index in [1.165, 1.54) is 19.2 Å². The van der Waals surface area contributed by atoms with Crippen molar-refractivity contribution in [3.63, 3.8) is 0 Å². The Morgan fingerprint density at radius 2 is 2.12 bits per heavy atom. The third-order valence-electron chi connectivity index (χ3n) is 2.03. The van der Waals surface area contributed by atoms with E-state index in [-0.39, 0.29) is 10.6 Å². The maximum Gasteiger partial charge on any atom is 0.247 e. The number of rotatable bonds is 4. The van der Waals surface area contributed by atoms with Gasteiger partial charge < -0.3 is 10.1 Å². The van der Waals surface area contributed by atoms with Gasteiger partial charge in [-0.2, -0.15) is 0 Å². The van der Waals surface area contributed by atoms with E-state index in [0.717, 1.165) is 12.3 Å². The molecule has 17 heavy (non-hydrogen) atoms. The number of hydrogen-bond donors (Lipinski definition) is 1. The molecule has 0 unspecified atom stereocenters. The van der Waals surface area contributed by atoms with E-state index in [4.69, 9.17) is 4.74 Å². The number of benzene rings is 1. The summed E-state index contributed by atoms with van der Waals surface area (Å²) in [7, 11) is -2.02. The molecule has 0 aliphatic carbocycles. The first-order chi connectivity index (χ1) is 7.88. The largest absolute Gasteiger partial charge is 0.497 e. The summed E-state index contributed by atoms with van der Waals surface area (Å²) in [5.41, 5.74) is 0.207. The second-order valence-corrected chi connectivity index (χ2v) is 5.31. The molecule has 1 amide bonds. The predicted octanol–water partition coefficient (Wildman–Crippen LogP) is 1.22. The van der Waals surface area contributed by atoms with Crippen molar-refractivity contribution in [2.24, 2.45) is 0 Å². The lowest BCUT2D eigenvalue weighted by atomic mass is 10.3. The molecular weight excluding hydrogens is 242 g/mol. The van der Waals surface area contributed by atoms with Gasteiger partial charge in [0.2, 0.25) is 5.91 Å². The van der Waals surface area contributed by atoms with Gasteiger partial charge >= 0.3 is 0 Å². The number of methoxy groups -OCH3 is 1. The van der Waals surface area contributed by atoms with Crippen LogP contribution in [0.25, 0.3) is 0 Å². The van der Waals surface area contributed by atoms with E-state index >= 15 is 0 Å². The van der Waals surface area contributed by atoms with Crippen LogP contribution in [0.5, 0.6) is 5.75 Å². The molecule has 0 aliphatic heterocycles. The van der Waals surface area contributed by atoms with Gasteiger partial charge in [0.15, 0.2) is 9.84 Å². The van der Waals surface area contributed by atoms with Crippen LogP contribution >= 0.6 is 0 Å². The van der Waals surface area contributed by atoms with Crippen LogP contribution in [-0.4, -0.2) is 27.7 Å². The van der Waals surface area contributed by atoms with Crippen molar-refractivity contribution in [3.8, 4) is 5.75 Å². The zero-order valence-electron chi connectivity index (χ0n) is 9.56. The highest BCUT2D eigenvalue weighted by atomic mass is 32.2. The predicted molar refractivity (Wildman–Crippen MR) is 64.9 cm³/mol. The fraction of sp³-hybridized carbons (Fsp3) is 0.182. The van der Waals surface area contributed by atoms with Gasteiger partial charge in [0, 0.05) is 12.3 Å². The highest BCUT2D eigenvalue weighted by Crippen LogP contribution is 2.26. The van der Waals surface area contributed by atoms with Crippen molar-refractivity contribution in [3.05, 3.63) is 30.9 Å². The fourth-order valence-electron chi connectivity index (χ4n) is 1.22. The summed E-state index contributed by atoms with van der Waals surface area (Å²) in [6.07, 6.45) is 2.13. The monoisotopic (exact) mass is 255 g/mol. The number of carbonyl (C=O) groups is 1. The second kappa shape index (κ2) is 5.01. The second-order valence-electron chi connectivity index (χ2n) is 3.33. The lowest BCUT2D eigenvalue weighted by molar-refractivity contribution is -0.111. The first kappa shape index (κ1) is 13.2. The number of amides is 1. The number of carbonyl (C=O) groups excluding carboxylic acids is 1. The third kappa shape index (κ3) is 3.32. The molecule has 0 aliphatic rings. The van der Waals surface area contributed by atoms with Crippen molar-refractivity contribution >= 4 is 21.4 Å². The van der Waals surface area contributed by atoms with Gasteiger partial charge in [-0.15, -0.1) is 0 Å². The average Bonchev–Trinajstić information content (AvgIpc) is 2.28. The summed E-state index contributed by atoms with van der Waals surface area (Å²) in [5.74, 6) is -0.0675. The first-order valence-corrected chi connectivity index (χ1v) is 6.59. The van der Waals surface area contributed by atoms with E-state index < -0.39 is 15.7 Å². The van der Waals surface area contributed by atoms with E-state index in [1.54, 1.807) is 6.07 Å². The van der Waals surface area contributed by atoms with Crippen LogP contribution in [0.3, 0.4) is 0 Å². The molecule has 1 rings (SSSR count). The maximum absolute atomic E-state index is 11.6. The van der Waals surface area contributed by atoms with Gasteiger partial charge in [-0.05, 0) is 18.2 Å². The molecule has 1 N–H and O–H groups in total. The van der Waals surface area contributed by atoms with Crippen molar-refractivity contribution in [2.45, 2.75) is 4.90 Å². The van der Waals surface area contributed by atoms with E-state index in [2.05, 4.69) is 11.9 Å². The quantitative estimate of drug-likeness (QED) is 0.821. The molecule has 0 radical (unpaired) electrons. The molecule has 0 bridgehead atoms. The Labute approximate surface area is 100 Å². The minimum absolute atomic E-state index is 0.00653. The van der Waals surface area contributed by atoms with Gasteiger partial charge in [-0.3, -0.25) is 4.79 Å². The maximum atomic E-state index is 11.6. The molecule has 0 saturated carbocycles. The summed E-state index contributed by atoms with van der Waals surface area (Å²) in [6.45, 7) is 3.30. The van der Waals surface area contributed by atoms with Gasteiger partial charge in [-0.1, -0.05) is 6.58 Å². The molecule has 1 aromatic carbocycles. The average molecular weight is 255 g/mol. The summed E-state index contributed by atoms with van der Waals surface area (Å²) < 4.78 is 28.1. The molecule has 0 aromatic heterocycles. The van der Waals surface area contributed by atoms with Gasteiger partial charge in [-0.25, -0.2) is 8.42 Å². The van der Waals surface area contributed by atoms with E-state index in [1.807, 2.05) is 0 Å². The van der Waals surface area contributed by atoms with Crippen molar-refractivity contribution in [2.75, 3.05) is 18.7 Å². The molecule has 0 saturated heterocycles. The number of hydrogen-bond acceptors (Lipinski definition) is 4. The lowest BCUT2D eigenvalue weighted by Crippen LogP contribution is -2.11. The highest BCUT2D eigenvalue weighted by molar-refractivity contribution is 7.90. The Hall–Kier alpha value is -1.82. The van der Waals surface area contributed by atoms with Gasteiger partial charge in [0.1, 0.15) is 5.75 Å². The number of ether oxygens (including phenoxy) is 1. The van der Waals surface area contributed by atoms with Gasteiger partial charge in [0.05, 0.1) is 17.7 Å². The number of nitrogens with one attached hydrogen (secondary N) is 1. The number of sulfone groups is 1. The SMILES string of the molecule is C=CC(=O)Nc1ccc(OC)cc1S(C)(=O)=O. The topological polar surface area (TPSA) is 72.5 Å². The van der Waals surface area contributed by atoms with Crippen LogP contribution in [-0.2, 0) is 14.6 Å². The zero-order valence-corrected chi connectivity index (χ0v) is 10.4. The smallest absolute Gasteiger partial charge is 0.247 e. The van der Waals surface area contributed by atoms with Crippen molar-refractivity contribution in [1.82, 2.24) is 0 Å². The van der Waals surface area contributed by atoms with Crippen LogP contribution in [0.2, 0.25) is 0 Å². The molecule has 6 heteroatoms. The van der Waals surface area contributed by atoms with Crippen molar-refractivity contribution in [1.29, 1.82) is 0 Å². The third-order valence-corrected chi connectivity index (χ3v) is 3.17. The summed E-state index contributed by atoms with van der Waals surface area (Å²) in [5, 5.41) is 2.43. The Kier molecular flexibility index (Phi) is 3.90. The summed E-state index contributed by atoms with van der Waals surface area (Å²) in [6, 6.07) is 4.39. The molecule has 5 nitrogen and oxygen atoms in total. The first-order valence-electron chi connectivity index (χ1n) is 4.70. The Bertz CT molecular complexity index is 549. The molecule has 0 fully saturated rings. The van der Waals surface area contributed by atoms with Crippen LogP contribution in [0, 0.1) is 0 Å². The van der Waals surface area contributed by atoms with Crippen LogP contribution in [0.1, 0.15) is 0 Å². The molecule has 0 atom stereocenters. The summed E-state index contributed by atoms with van der Waals surface area (Å²) >= 11 is 0. The molecule has 1 aromatic rings. The van der Waals surface area contributed by atoms with E-state index in [0.29, 0.717) is 5.75 Å². The van der Waals surface area contributed by atoms with Crippen LogP contribution in [0.15, 0.2) is 35.7 Å². The zero-order chi connectivity index (χ0) is 13.1. The molecule has 0 heterocycles. The molecule has 92 valence electrons. The Morgan fingerprint density at radius 3 is 2.59 bits per heavy atom. The molecular formula is C11H13NO4S.